The Kier molecular flexibility index (Phi) is 5.02. The molecule has 2 amide bonds. The minimum absolute atomic E-state index is 0.156. The molecule has 0 N–H and O–H groups in total. The number of nitrogens with zero attached hydrogens (tertiary/aromatic N) is 3. The van der Waals surface area contributed by atoms with E-state index >= 15 is 0 Å². The van der Waals surface area contributed by atoms with E-state index in [1.165, 1.54) is 12.8 Å². The molecule has 0 bridgehead atoms. The van der Waals surface area contributed by atoms with Gasteiger partial charge in [0.2, 0.25) is 5.91 Å². The molecule has 0 aromatic carbocycles. The van der Waals surface area contributed by atoms with E-state index in [0.29, 0.717) is 25.0 Å². The van der Waals surface area contributed by atoms with Crippen molar-refractivity contribution in [1.29, 1.82) is 0 Å². The zero-order chi connectivity index (χ0) is 18.1. The topological polar surface area (TPSA) is 54.8 Å². The third kappa shape index (κ3) is 3.39. The Hall–Kier alpha value is -1.82. The highest BCUT2D eigenvalue weighted by Gasteiger charge is 2.40. The average molecular weight is 359 g/mol. The van der Waals surface area contributed by atoms with Crippen molar-refractivity contribution >= 4 is 11.8 Å². The van der Waals surface area contributed by atoms with E-state index < -0.39 is 0 Å². The molecule has 6 nitrogen and oxygen atoms in total. The lowest BCUT2D eigenvalue weighted by molar-refractivity contribution is -0.140. The molecule has 0 spiro atoms. The summed E-state index contributed by atoms with van der Waals surface area (Å²) in [6.07, 6.45) is 7.67. The van der Waals surface area contributed by atoms with Crippen LogP contribution in [0.1, 0.15) is 55.1 Å². The minimum Gasteiger partial charge on any atom is -0.385 e. The third-order valence-electron chi connectivity index (χ3n) is 6.12. The van der Waals surface area contributed by atoms with Crippen molar-refractivity contribution in [3.05, 3.63) is 24.0 Å². The van der Waals surface area contributed by atoms with E-state index in [0.717, 1.165) is 44.6 Å². The highest BCUT2D eigenvalue weighted by atomic mass is 16.5. The summed E-state index contributed by atoms with van der Waals surface area (Å²) in [6, 6.07) is 4.74. The number of piperidine rings is 2. The van der Waals surface area contributed by atoms with Crippen LogP contribution in [0.2, 0.25) is 0 Å². The van der Waals surface area contributed by atoms with Gasteiger partial charge >= 0.3 is 0 Å². The van der Waals surface area contributed by atoms with Crippen molar-refractivity contribution in [2.24, 2.45) is 5.92 Å². The number of hydrogen-bond acceptors (Lipinski definition) is 3. The summed E-state index contributed by atoms with van der Waals surface area (Å²) >= 11 is 0. The van der Waals surface area contributed by atoms with Crippen LogP contribution >= 0.6 is 0 Å². The molecule has 1 saturated carbocycles. The summed E-state index contributed by atoms with van der Waals surface area (Å²) in [4.78, 5) is 29.5. The molecule has 4 rings (SSSR count). The number of rotatable bonds is 6. The molecule has 0 radical (unpaired) electrons. The van der Waals surface area contributed by atoms with E-state index in [9.17, 15) is 9.59 Å². The van der Waals surface area contributed by atoms with E-state index in [1.807, 2.05) is 23.2 Å². The molecule has 2 atom stereocenters. The van der Waals surface area contributed by atoms with Gasteiger partial charge in [0.15, 0.2) is 0 Å². The first-order valence-electron chi connectivity index (χ1n) is 9.93. The van der Waals surface area contributed by atoms with Gasteiger partial charge in [-0.25, -0.2) is 0 Å². The number of likely N-dealkylation sites (tertiary alicyclic amines) is 2. The molecule has 6 heteroatoms. The summed E-state index contributed by atoms with van der Waals surface area (Å²) in [6.45, 7) is 2.97. The number of aromatic nitrogens is 1. The van der Waals surface area contributed by atoms with Gasteiger partial charge in [-0.2, -0.15) is 0 Å². The first kappa shape index (κ1) is 17.6. The Morgan fingerprint density at radius 3 is 2.88 bits per heavy atom. The summed E-state index contributed by atoms with van der Waals surface area (Å²) in [5.41, 5.74) is 0.829. The van der Waals surface area contributed by atoms with Gasteiger partial charge in [-0.3, -0.25) is 9.59 Å². The molecule has 3 heterocycles. The Bertz CT molecular complexity index is 667. The van der Waals surface area contributed by atoms with Crippen LogP contribution in [0.3, 0.4) is 0 Å². The number of ether oxygens (including phenoxy) is 1. The normalized spacial score (nSPS) is 26.1. The van der Waals surface area contributed by atoms with Crippen LogP contribution in [0.5, 0.6) is 0 Å². The van der Waals surface area contributed by atoms with Gasteiger partial charge in [0.05, 0.1) is 0 Å². The van der Waals surface area contributed by atoms with Crippen molar-refractivity contribution in [2.45, 2.75) is 50.6 Å². The Morgan fingerprint density at radius 2 is 2.12 bits per heavy atom. The molecule has 0 unspecified atom stereocenters. The number of hydrogen-bond donors (Lipinski definition) is 0. The van der Waals surface area contributed by atoms with Gasteiger partial charge in [-0.15, -0.1) is 0 Å². The molecular weight excluding hydrogens is 330 g/mol. The smallest absolute Gasteiger partial charge is 0.270 e. The zero-order valence-corrected chi connectivity index (χ0v) is 15.6. The van der Waals surface area contributed by atoms with Gasteiger partial charge in [-0.1, -0.05) is 0 Å². The van der Waals surface area contributed by atoms with Crippen molar-refractivity contribution in [2.75, 3.05) is 33.4 Å². The summed E-state index contributed by atoms with van der Waals surface area (Å²) < 4.78 is 7.29. The Morgan fingerprint density at radius 1 is 1.27 bits per heavy atom. The van der Waals surface area contributed by atoms with Crippen molar-refractivity contribution in [1.82, 2.24) is 14.4 Å². The number of carbonyl (C=O) groups is 2. The Balaban J connectivity index is 1.42. The molecule has 142 valence electrons. The molecule has 2 aliphatic heterocycles. The zero-order valence-electron chi connectivity index (χ0n) is 15.6. The lowest BCUT2D eigenvalue weighted by atomic mass is 9.83. The fourth-order valence-electron chi connectivity index (χ4n) is 4.61. The van der Waals surface area contributed by atoms with Gasteiger partial charge in [-0.05, 0) is 50.2 Å². The van der Waals surface area contributed by atoms with Crippen molar-refractivity contribution in [3.63, 3.8) is 0 Å². The van der Waals surface area contributed by atoms with Crippen LogP contribution in [0.25, 0.3) is 0 Å². The van der Waals surface area contributed by atoms with Gasteiger partial charge in [0, 0.05) is 58.1 Å². The molecule has 26 heavy (non-hydrogen) atoms. The van der Waals surface area contributed by atoms with Crippen LogP contribution < -0.4 is 0 Å². The standard InChI is InChI=1S/C20H29N3O3/c1-26-13-3-11-23-17-9-12-21(14-15(17)5-8-19(23)24)20(25)18-4-2-10-22(18)16-6-7-16/h2,4,10,15-17H,3,5-9,11-14H2,1H3/t15-,17+/m0/s1. The molecule has 3 fully saturated rings. The predicted molar refractivity (Wildman–Crippen MR) is 97.9 cm³/mol. The number of amides is 2. The van der Waals surface area contributed by atoms with Crippen LogP contribution in [0, 0.1) is 5.92 Å². The largest absolute Gasteiger partial charge is 0.385 e. The maximum atomic E-state index is 13.1. The monoisotopic (exact) mass is 359 g/mol. The van der Waals surface area contributed by atoms with E-state index in [1.54, 1.807) is 7.11 Å². The lowest BCUT2D eigenvalue weighted by Crippen LogP contribution is -2.57. The summed E-state index contributed by atoms with van der Waals surface area (Å²) in [5.74, 6) is 0.824. The number of carbonyl (C=O) groups excluding carboxylic acids is 2. The first-order valence-corrected chi connectivity index (χ1v) is 9.93. The molecule has 3 aliphatic rings. The fourth-order valence-corrected chi connectivity index (χ4v) is 4.61. The number of methoxy groups -OCH3 is 1. The van der Waals surface area contributed by atoms with Crippen LogP contribution in [-0.4, -0.2) is 65.6 Å². The lowest BCUT2D eigenvalue weighted by Gasteiger charge is -2.47. The first-order chi connectivity index (χ1) is 12.7. The van der Waals surface area contributed by atoms with Gasteiger partial charge in [0.1, 0.15) is 5.69 Å². The third-order valence-corrected chi connectivity index (χ3v) is 6.12. The minimum atomic E-state index is 0.156. The van der Waals surface area contributed by atoms with Crippen LogP contribution in [-0.2, 0) is 9.53 Å². The van der Waals surface area contributed by atoms with Crippen LogP contribution in [0.4, 0.5) is 0 Å². The molecule has 1 aromatic rings. The highest BCUT2D eigenvalue weighted by Crippen LogP contribution is 2.37. The van der Waals surface area contributed by atoms with Crippen molar-refractivity contribution < 1.29 is 14.3 Å². The second-order valence-electron chi connectivity index (χ2n) is 7.87. The molecular formula is C20H29N3O3. The second-order valence-corrected chi connectivity index (χ2v) is 7.87. The maximum Gasteiger partial charge on any atom is 0.270 e. The fraction of sp³-hybridized carbons (Fsp3) is 0.700. The predicted octanol–water partition coefficient (Wildman–Crippen LogP) is 2.31. The van der Waals surface area contributed by atoms with Crippen molar-refractivity contribution in [3.8, 4) is 0 Å². The summed E-state index contributed by atoms with van der Waals surface area (Å²) in [5, 5.41) is 0. The summed E-state index contributed by atoms with van der Waals surface area (Å²) in [7, 11) is 1.70. The molecule has 1 aliphatic carbocycles. The van der Waals surface area contributed by atoms with Crippen LogP contribution in [0.15, 0.2) is 18.3 Å². The molecule has 2 saturated heterocycles. The van der Waals surface area contributed by atoms with E-state index in [-0.39, 0.29) is 17.9 Å². The average Bonchev–Trinajstić information content (AvgIpc) is 3.39. The van der Waals surface area contributed by atoms with Gasteiger partial charge in [0.25, 0.3) is 5.91 Å². The van der Waals surface area contributed by atoms with E-state index in [2.05, 4.69) is 9.47 Å². The SMILES string of the molecule is COCCCN1C(=O)CC[C@H]2CN(C(=O)c3cccn3C3CC3)CC[C@H]21. The number of fused-ring (bicyclic) bond motifs is 1. The van der Waals surface area contributed by atoms with Gasteiger partial charge < -0.3 is 19.1 Å². The molecule has 1 aromatic heterocycles. The highest BCUT2D eigenvalue weighted by molar-refractivity contribution is 5.93. The second kappa shape index (κ2) is 7.43. The van der Waals surface area contributed by atoms with E-state index in [4.69, 9.17) is 4.74 Å². The Labute approximate surface area is 155 Å². The quantitative estimate of drug-likeness (QED) is 0.733. The maximum absolute atomic E-state index is 13.1.